The van der Waals surface area contributed by atoms with Gasteiger partial charge in [0.1, 0.15) is 0 Å². The summed E-state index contributed by atoms with van der Waals surface area (Å²) in [5.41, 5.74) is 7.98. The Morgan fingerprint density at radius 2 is 2.00 bits per heavy atom. The summed E-state index contributed by atoms with van der Waals surface area (Å²) in [5, 5.41) is 2.97. The van der Waals surface area contributed by atoms with Gasteiger partial charge in [0, 0.05) is 18.8 Å². The van der Waals surface area contributed by atoms with Gasteiger partial charge in [-0.2, -0.15) is 0 Å². The number of nitrogens with two attached hydrogens (primary N) is 1. The van der Waals surface area contributed by atoms with Crippen molar-refractivity contribution in [1.29, 1.82) is 0 Å². The quantitative estimate of drug-likeness (QED) is 0.798. The predicted octanol–water partition coefficient (Wildman–Crippen LogP) is 1.89. The number of rotatable bonds is 5. The molecule has 0 aliphatic heterocycles. The van der Waals surface area contributed by atoms with E-state index in [1.165, 1.54) is 0 Å². The topological polar surface area (TPSA) is 58.4 Å². The Morgan fingerprint density at radius 1 is 1.37 bits per heavy atom. The molecule has 19 heavy (non-hydrogen) atoms. The summed E-state index contributed by atoms with van der Waals surface area (Å²) in [5.74, 6) is -0.104. The SMILES string of the molecule is Cc1ccc(N)c(C(=O)NCC(C)(C)CN(C)C)c1. The molecule has 1 aromatic carbocycles. The Kier molecular flexibility index (Phi) is 4.95. The molecule has 106 valence electrons. The first-order valence-electron chi connectivity index (χ1n) is 6.50. The van der Waals surface area contributed by atoms with E-state index in [1.54, 1.807) is 6.07 Å². The van der Waals surface area contributed by atoms with Gasteiger partial charge in [-0.25, -0.2) is 0 Å². The molecule has 0 aliphatic carbocycles. The smallest absolute Gasteiger partial charge is 0.253 e. The number of nitrogens with one attached hydrogen (secondary N) is 1. The van der Waals surface area contributed by atoms with Crippen LogP contribution in [0.5, 0.6) is 0 Å². The highest BCUT2D eigenvalue weighted by Crippen LogP contribution is 2.16. The van der Waals surface area contributed by atoms with E-state index in [0.717, 1.165) is 12.1 Å². The predicted molar refractivity (Wildman–Crippen MR) is 80.3 cm³/mol. The molecule has 1 aromatic rings. The highest BCUT2D eigenvalue weighted by atomic mass is 16.1. The van der Waals surface area contributed by atoms with Gasteiger partial charge < -0.3 is 16.0 Å². The third-order valence-corrected chi connectivity index (χ3v) is 2.93. The Bertz CT molecular complexity index is 453. The Balaban J connectivity index is 2.68. The van der Waals surface area contributed by atoms with Crippen LogP contribution in [0.15, 0.2) is 18.2 Å². The zero-order chi connectivity index (χ0) is 14.6. The second kappa shape index (κ2) is 6.06. The van der Waals surface area contributed by atoms with E-state index in [1.807, 2.05) is 33.2 Å². The second-order valence-electron chi connectivity index (χ2n) is 6.18. The maximum atomic E-state index is 12.1. The average Bonchev–Trinajstić information content (AvgIpc) is 2.27. The lowest BCUT2D eigenvalue weighted by Gasteiger charge is -2.28. The van der Waals surface area contributed by atoms with Crippen molar-refractivity contribution in [3.05, 3.63) is 29.3 Å². The number of hydrogen-bond donors (Lipinski definition) is 2. The summed E-state index contributed by atoms with van der Waals surface area (Å²) in [7, 11) is 4.06. The van der Waals surface area contributed by atoms with Gasteiger partial charge in [0.05, 0.1) is 5.56 Å². The lowest BCUT2D eigenvalue weighted by atomic mass is 9.93. The van der Waals surface area contributed by atoms with Crippen LogP contribution in [0, 0.1) is 12.3 Å². The molecule has 0 saturated heterocycles. The summed E-state index contributed by atoms with van der Waals surface area (Å²) in [4.78, 5) is 14.3. The third kappa shape index (κ3) is 4.91. The van der Waals surface area contributed by atoms with Gasteiger partial charge in [0.15, 0.2) is 0 Å². The summed E-state index contributed by atoms with van der Waals surface area (Å²) < 4.78 is 0. The van der Waals surface area contributed by atoms with E-state index in [9.17, 15) is 4.79 Å². The number of benzene rings is 1. The molecule has 0 spiro atoms. The molecule has 4 heteroatoms. The maximum Gasteiger partial charge on any atom is 0.253 e. The van der Waals surface area contributed by atoms with Crippen LogP contribution in [0.4, 0.5) is 5.69 Å². The van der Waals surface area contributed by atoms with Gasteiger partial charge in [-0.1, -0.05) is 25.5 Å². The summed E-state index contributed by atoms with van der Waals surface area (Å²) in [6.07, 6.45) is 0. The molecule has 0 bridgehead atoms. The van der Waals surface area contributed by atoms with Gasteiger partial charge in [0.25, 0.3) is 5.91 Å². The number of aryl methyl sites for hydroxylation is 1. The maximum absolute atomic E-state index is 12.1. The molecule has 0 aromatic heterocycles. The second-order valence-corrected chi connectivity index (χ2v) is 6.18. The van der Waals surface area contributed by atoms with E-state index in [2.05, 4.69) is 24.1 Å². The van der Waals surface area contributed by atoms with Crippen molar-refractivity contribution in [1.82, 2.24) is 10.2 Å². The molecule has 0 aliphatic rings. The van der Waals surface area contributed by atoms with Crippen molar-refractivity contribution in [2.75, 3.05) is 32.9 Å². The van der Waals surface area contributed by atoms with Crippen molar-refractivity contribution in [2.45, 2.75) is 20.8 Å². The highest BCUT2D eigenvalue weighted by Gasteiger charge is 2.20. The van der Waals surface area contributed by atoms with Gasteiger partial charge in [-0.3, -0.25) is 4.79 Å². The van der Waals surface area contributed by atoms with Crippen molar-refractivity contribution >= 4 is 11.6 Å². The number of carbonyl (C=O) groups excluding carboxylic acids is 1. The molecule has 0 unspecified atom stereocenters. The molecule has 3 N–H and O–H groups in total. The first-order valence-corrected chi connectivity index (χ1v) is 6.50. The van der Waals surface area contributed by atoms with Crippen molar-refractivity contribution in [3.63, 3.8) is 0 Å². The fourth-order valence-corrected chi connectivity index (χ4v) is 2.19. The zero-order valence-electron chi connectivity index (χ0n) is 12.6. The van der Waals surface area contributed by atoms with Gasteiger partial charge in [0.2, 0.25) is 0 Å². The standard InChI is InChI=1S/C15H25N3O/c1-11-6-7-13(16)12(8-11)14(19)17-9-15(2,3)10-18(4)5/h6-8H,9-10,16H2,1-5H3,(H,17,19). The van der Waals surface area contributed by atoms with Gasteiger partial charge in [-0.05, 0) is 38.6 Å². The number of nitrogens with zero attached hydrogens (tertiary/aromatic N) is 1. The number of anilines is 1. The van der Waals surface area contributed by atoms with Crippen LogP contribution in [-0.2, 0) is 0 Å². The Morgan fingerprint density at radius 3 is 2.58 bits per heavy atom. The van der Waals surface area contributed by atoms with E-state index in [0.29, 0.717) is 17.8 Å². The monoisotopic (exact) mass is 263 g/mol. The summed E-state index contributed by atoms with van der Waals surface area (Å²) in [6, 6.07) is 5.50. The summed E-state index contributed by atoms with van der Waals surface area (Å²) in [6.45, 7) is 7.75. The molecule has 0 heterocycles. The number of amides is 1. The zero-order valence-corrected chi connectivity index (χ0v) is 12.6. The molecular formula is C15H25N3O. The summed E-state index contributed by atoms with van der Waals surface area (Å²) >= 11 is 0. The van der Waals surface area contributed by atoms with Crippen LogP contribution < -0.4 is 11.1 Å². The molecule has 4 nitrogen and oxygen atoms in total. The molecule has 0 atom stereocenters. The number of carbonyl (C=O) groups is 1. The van der Waals surface area contributed by atoms with Crippen LogP contribution in [0.1, 0.15) is 29.8 Å². The lowest BCUT2D eigenvalue weighted by Crippen LogP contribution is -2.40. The third-order valence-electron chi connectivity index (χ3n) is 2.93. The van der Waals surface area contributed by atoms with Crippen LogP contribution in [-0.4, -0.2) is 38.0 Å². The largest absolute Gasteiger partial charge is 0.398 e. The van der Waals surface area contributed by atoms with E-state index in [-0.39, 0.29) is 11.3 Å². The van der Waals surface area contributed by atoms with Crippen molar-refractivity contribution < 1.29 is 4.79 Å². The molecule has 1 amide bonds. The van der Waals surface area contributed by atoms with Crippen LogP contribution in [0.25, 0.3) is 0 Å². The highest BCUT2D eigenvalue weighted by molar-refractivity contribution is 5.99. The van der Waals surface area contributed by atoms with Crippen molar-refractivity contribution in [2.24, 2.45) is 5.41 Å². The molecule has 1 rings (SSSR count). The normalized spacial score (nSPS) is 11.7. The minimum Gasteiger partial charge on any atom is -0.398 e. The van der Waals surface area contributed by atoms with Crippen LogP contribution in [0.2, 0.25) is 0 Å². The molecule has 0 saturated carbocycles. The number of nitrogen functional groups attached to an aromatic ring is 1. The van der Waals surface area contributed by atoms with Crippen LogP contribution >= 0.6 is 0 Å². The lowest BCUT2D eigenvalue weighted by molar-refractivity contribution is 0.0930. The molecule has 0 radical (unpaired) electrons. The van der Waals surface area contributed by atoms with E-state index < -0.39 is 0 Å². The first kappa shape index (κ1) is 15.5. The minimum absolute atomic E-state index is 0.0255. The minimum atomic E-state index is -0.104. The van der Waals surface area contributed by atoms with E-state index in [4.69, 9.17) is 5.73 Å². The Labute approximate surface area is 116 Å². The number of hydrogen-bond acceptors (Lipinski definition) is 3. The molecule has 0 fully saturated rings. The molecular weight excluding hydrogens is 238 g/mol. The van der Waals surface area contributed by atoms with Crippen molar-refractivity contribution in [3.8, 4) is 0 Å². The average molecular weight is 263 g/mol. The fourth-order valence-electron chi connectivity index (χ4n) is 2.19. The van der Waals surface area contributed by atoms with E-state index >= 15 is 0 Å². The first-order chi connectivity index (χ1) is 8.71. The van der Waals surface area contributed by atoms with Gasteiger partial charge in [-0.15, -0.1) is 0 Å². The fraction of sp³-hybridized carbons (Fsp3) is 0.533. The van der Waals surface area contributed by atoms with Gasteiger partial charge >= 0.3 is 0 Å². The van der Waals surface area contributed by atoms with Crippen LogP contribution in [0.3, 0.4) is 0 Å². The Hall–Kier alpha value is -1.55.